The Labute approximate surface area is 144 Å². The second-order valence-corrected chi connectivity index (χ2v) is 5.02. The van der Waals surface area contributed by atoms with Gasteiger partial charge in [0.1, 0.15) is 0 Å². The summed E-state index contributed by atoms with van der Waals surface area (Å²) in [7, 11) is 1.74. The van der Waals surface area contributed by atoms with Crippen molar-refractivity contribution in [3.63, 3.8) is 0 Å². The van der Waals surface area contributed by atoms with E-state index in [1.165, 1.54) is 12.8 Å². The molecule has 1 aromatic rings. The van der Waals surface area contributed by atoms with E-state index in [1.54, 1.807) is 7.11 Å². The molecular formula is C15H25IN4O. The van der Waals surface area contributed by atoms with Crippen LogP contribution in [-0.4, -0.2) is 50.3 Å². The summed E-state index contributed by atoms with van der Waals surface area (Å²) in [6.07, 6.45) is 2.59. The minimum Gasteiger partial charge on any atom is -0.383 e. The van der Waals surface area contributed by atoms with E-state index < -0.39 is 0 Å². The summed E-state index contributed by atoms with van der Waals surface area (Å²) in [6, 6.07) is 10.6. The molecule has 5 nitrogen and oxygen atoms in total. The molecule has 118 valence electrons. The van der Waals surface area contributed by atoms with Crippen molar-refractivity contribution in [3.8, 4) is 0 Å². The van der Waals surface area contributed by atoms with Gasteiger partial charge in [0.15, 0.2) is 5.96 Å². The van der Waals surface area contributed by atoms with Crippen LogP contribution in [0.5, 0.6) is 0 Å². The SMILES string of the molecule is COCCN(CCN=C(N)Nc1ccccc1)C1CC1.I. The third kappa shape index (κ3) is 7.10. The van der Waals surface area contributed by atoms with Crippen LogP contribution in [0.3, 0.4) is 0 Å². The van der Waals surface area contributed by atoms with Crippen LogP contribution in [0.2, 0.25) is 0 Å². The quantitative estimate of drug-likeness (QED) is 0.396. The van der Waals surface area contributed by atoms with Crippen LogP contribution in [0.4, 0.5) is 5.69 Å². The maximum atomic E-state index is 5.88. The van der Waals surface area contributed by atoms with Crippen LogP contribution in [0.25, 0.3) is 0 Å². The summed E-state index contributed by atoms with van der Waals surface area (Å²) < 4.78 is 5.14. The molecule has 1 saturated carbocycles. The van der Waals surface area contributed by atoms with Crippen molar-refractivity contribution >= 4 is 35.6 Å². The molecule has 2 rings (SSSR count). The molecule has 0 aromatic heterocycles. The number of methoxy groups -OCH3 is 1. The molecule has 0 aliphatic heterocycles. The maximum Gasteiger partial charge on any atom is 0.193 e. The number of nitrogens with one attached hydrogen (secondary N) is 1. The van der Waals surface area contributed by atoms with E-state index in [2.05, 4.69) is 15.2 Å². The number of halogens is 1. The largest absolute Gasteiger partial charge is 0.383 e. The van der Waals surface area contributed by atoms with Gasteiger partial charge in [-0.1, -0.05) is 18.2 Å². The first kappa shape index (κ1) is 18.2. The summed E-state index contributed by atoms with van der Waals surface area (Å²) in [4.78, 5) is 6.81. The topological polar surface area (TPSA) is 62.9 Å². The molecule has 0 amide bonds. The molecule has 0 saturated heterocycles. The first-order chi connectivity index (χ1) is 9.79. The van der Waals surface area contributed by atoms with Crippen molar-refractivity contribution in [3.05, 3.63) is 30.3 Å². The predicted octanol–water partition coefficient (Wildman–Crippen LogP) is 2.14. The Bertz CT molecular complexity index is 423. The highest BCUT2D eigenvalue weighted by molar-refractivity contribution is 14.0. The lowest BCUT2D eigenvalue weighted by atomic mass is 10.3. The molecule has 0 heterocycles. The summed E-state index contributed by atoms with van der Waals surface area (Å²) in [5.41, 5.74) is 6.84. The van der Waals surface area contributed by atoms with E-state index in [0.717, 1.165) is 31.4 Å². The van der Waals surface area contributed by atoms with Crippen LogP contribution in [0, 0.1) is 0 Å². The van der Waals surface area contributed by atoms with E-state index in [9.17, 15) is 0 Å². The monoisotopic (exact) mass is 404 g/mol. The van der Waals surface area contributed by atoms with E-state index in [0.29, 0.717) is 12.5 Å². The zero-order chi connectivity index (χ0) is 14.2. The van der Waals surface area contributed by atoms with Gasteiger partial charge in [-0.05, 0) is 25.0 Å². The van der Waals surface area contributed by atoms with E-state index in [4.69, 9.17) is 10.5 Å². The molecule has 0 atom stereocenters. The number of nitrogens with zero attached hydrogens (tertiary/aromatic N) is 2. The number of para-hydroxylation sites is 1. The number of hydrogen-bond acceptors (Lipinski definition) is 3. The number of rotatable bonds is 8. The molecule has 1 aliphatic carbocycles. The summed E-state index contributed by atoms with van der Waals surface area (Å²) >= 11 is 0. The highest BCUT2D eigenvalue weighted by Gasteiger charge is 2.27. The number of anilines is 1. The molecule has 21 heavy (non-hydrogen) atoms. The van der Waals surface area contributed by atoms with Crippen molar-refractivity contribution in [2.24, 2.45) is 10.7 Å². The Morgan fingerprint density at radius 3 is 2.67 bits per heavy atom. The highest BCUT2D eigenvalue weighted by Crippen LogP contribution is 2.26. The molecule has 3 N–H and O–H groups in total. The van der Waals surface area contributed by atoms with Crippen LogP contribution < -0.4 is 11.1 Å². The fourth-order valence-electron chi connectivity index (χ4n) is 2.13. The number of guanidine groups is 1. The standard InChI is InChI=1S/C15H24N4O.HI/c1-20-12-11-19(14-7-8-14)10-9-17-15(16)18-13-5-3-2-4-6-13;/h2-6,14H,7-12H2,1H3,(H3,16,17,18);1H. The van der Waals surface area contributed by atoms with Gasteiger partial charge in [-0.25, -0.2) is 0 Å². The number of hydrogen-bond donors (Lipinski definition) is 2. The van der Waals surface area contributed by atoms with Gasteiger partial charge in [0, 0.05) is 31.9 Å². The lowest BCUT2D eigenvalue weighted by molar-refractivity contribution is 0.145. The Morgan fingerprint density at radius 2 is 2.05 bits per heavy atom. The predicted molar refractivity (Wildman–Crippen MR) is 98.4 cm³/mol. The molecule has 1 fully saturated rings. The lowest BCUT2D eigenvalue weighted by Gasteiger charge is -2.20. The molecule has 0 bridgehead atoms. The second kappa shape index (κ2) is 9.97. The third-order valence-electron chi connectivity index (χ3n) is 3.36. The van der Waals surface area contributed by atoms with Gasteiger partial charge >= 0.3 is 0 Å². The van der Waals surface area contributed by atoms with Crippen LogP contribution in [0.15, 0.2) is 35.3 Å². The van der Waals surface area contributed by atoms with Gasteiger partial charge in [-0.2, -0.15) is 0 Å². The minimum absolute atomic E-state index is 0. The Morgan fingerprint density at radius 1 is 1.33 bits per heavy atom. The highest BCUT2D eigenvalue weighted by atomic mass is 127. The third-order valence-corrected chi connectivity index (χ3v) is 3.36. The zero-order valence-electron chi connectivity index (χ0n) is 12.5. The summed E-state index contributed by atoms with van der Waals surface area (Å²) in [5.74, 6) is 0.471. The van der Waals surface area contributed by atoms with Crippen LogP contribution >= 0.6 is 24.0 Å². The zero-order valence-corrected chi connectivity index (χ0v) is 14.8. The van der Waals surface area contributed by atoms with Crippen molar-refractivity contribution in [2.45, 2.75) is 18.9 Å². The molecule has 0 radical (unpaired) electrons. The van der Waals surface area contributed by atoms with E-state index in [1.807, 2.05) is 30.3 Å². The average molecular weight is 404 g/mol. The second-order valence-electron chi connectivity index (χ2n) is 5.02. The number of ether oxygens (including phenoxy) is 1. The average Bonchev–Trinajstić information content (AvgIpc) is 3.28. The fraction of sp³-hybridized carbons (Fsp3) is 0.533. The lowest BCUT2D eigenvalue weighted by Crippen LogP contribution is -2.33. The molecule has 6 heteroatoms. The van der Waals surface area contributed by atoms with Gasteiger partial charge in [0.05, 0.1) is 13.2 Å². The molecule has 0 spiro atoms. The van der Waals surface area contributed by atoms with E-state index >= 15 is 0 Å². The molecule has 0 unspecified atom stereocenters. The van der Waals surface area contributed by atoms with Gasteiger partial charge in [0.2, 0.25) is 0 Å². The molecule has 1 aromatic carbocycles. The first-order valence-corrected chi connectivity index (χ1v) is 7.14. The van der Waals surface area contributed by atoms with Gasteiger partial charge in [-0.3, -0.25) is 9.89 Å². The normalized spacial score (nSPS) is 14.9. The van der Waals surface area contributed by atoms with Crippen LogP contribution in [0.1, 0.15) is 12.8 Å². The van der Waals surface area contributed by atoms with Gasteiger partial charge in [0.25, 0.3) is 0 Å². The van der Waals surface area contributed by atoms with Gasteiger partial charge < -0.3 is 15.8 Å². The molecule has 1 aliphatic rings. The summed E-state index contributed by atoms with van der Waals surface area (Å²) in [6.45, 7) is 3.40. The van der Waals surface area contributed by atoms with E-state index in [-0.39, 0.29) is 24.0 Å². The van der Waals surface area contributed by atoms with Crippen molar-refractivity contribution in [1.29, 1.82) is 0 Å². The first-order valence-electron chi connectivity index (χ1n) is 7.14. The minimum atomic E-state index is 0. The van der Waals surface area contributed by atoms with Crippen LogP contribution in [-0.2, 0) is 4.74 Å². The van der Waals surface area contributed by atoms with Crippen molar-refractivity contribution in [1.82, 2.24) is 4.90 Å². The Kier molecular flexibility index (Phi) is 8.63. The number of nitrogens with two attached hydrogens (primary N) is 1. The smallest absolute Gasteiger partial charge is 0.193 e. The maximum absolute atomic E-state index is 5.88. The fourth-order valence-corrected chi connectivity index (χ4v) is 2.13. The Hall–Kier alpha value is -0.860. The molecular weight excluding hydrogens is 379 g/mol. The number of benzene rings is 1. The number of aliphatic imine (C=N–C) groups is 1. The Balaban J connectivity index is 0.00000220. The summed E-state index contributed by atoms with van der Waals surface area (Å²) in [5, 5.41) is 3.09. The van der Waals surface area contributed by atoms with Gasteiger partial charge in [-0.15, -0.1) is 24.0 Å². The van der Waals surface area contributed by atoms with Crippen molar-refractivity contribution in [2.75, 3.05) is 38.7 Å². The van der Waals surface area contributed by atoms with Crippen molar-refractivity contribution < 1.29 is 4.74 Å².